The summed E-state index contributed by atoms with van der Waals surface area (Å²) in [5, 5.41) is 16.6. The van der Waals surface area contributed by atoms with Crippen LogP contribution < -0.4 is 9.47 Å². The standard InChI is InChI=1S/C13H11N3O5/c17-13(18)12-8-5-19-11(4-16(8)15-14-12)7-1-2-9-10(3-7)21-6-20-9/h1-3,11H,4-6H2,(H,17,18). The van der Waals surface area contributed by atoms with Crippen molar-refractivity contribution in [3.63, 3.8) is 0 Å². The van der Waals surface area contributed by atoms with E-state index in [1.54, 1.807) is 4.68 Å². The molecule has 0 radical (unpaired) electrons. The summed E-state index contributed by atoms with van der Waals surface area (Å²) in [7, 11) is 0. The van der Waals surface area contributed by atoms with Crippen LogP contribution >= 0.6 is 0 Å². The van der Waals surface area contributed by atoms with E-state index >= 15 is 0 Å². The Morgan fingerprint density at radius 3 is 3.05 bits per heavy atom. The van der Waals surface area contributed by atoms with Gasteiger partial charge in [-0.15, -0.1) is 5.10 Å². The number of carboxylic acids is 1. The lowest BCUT2D eigenvalue weighted by Crippen LogP contribution is -2.23. The van der Waals surface area contributed by atoms with Crippen LogP contribution in [0.3, 0.4) is 0 Å². The van der Waals surface area contributed by atoms with Crippen LogP contribution in [0.4, 0.5) is 0 Å². The highest BCUT2D eigenvalue weighted by Crippen LogP contribution is 2.36. The van der Waals surface area contributed by atoms with E-state index in [9.17, 15) is 4.79 Å². The Morgan fingerprint density at radius 1 is 1.33 bits per heavy atom. The first-order valence-electron chi connectivity index (χ1n) is 6.39. The van der Waals surface area contributed by atoms with Gasteiger partial charge in [0.15, 0.2) is 17.2 Å². The van der Waals surface area contributed by atoms with Crippen LogP contribution in [-0.4, -0.2) is 32.9 Å². The van der Waals surface area contributed by atoms with E-state index in [4.69, 9.17) is 19.3 Å². The second kappa shape index (κ2) is 4.45. The van der Waals surface area contributed by atoms with E-state index in [0.29, 0.717) is 23.7 Å². The zero-order valence-corrected chi connectivity index (χ0v) is 10.9. The van der Waals surface area contributed by atoms with Crippen molar-refractivity contribution in [3.05, 3.63) is 35.2 Å². The zero-order valence-electron chi connectivity index (χ0n) is 10.9. The quantitative estimate of drug-likeness (QED) is 0.880. The molecule has 1 aromatic carbocycles. The zero-order chi connectivity index (χ0) is 14.4. The molecule has 0 spiro atoms. The SMILES string of the molecule is O=C(O)c1nnn2c1COC(c1ccc3c(c1)OCO3)C2. The lowest BCUT2D eigenvalue weighted by Gasteiger charge is -2.24. The molecule has 8 heteroatoms. The number of hydrogen-bond donors (Lipinski definition) is 1. The first-order chi connectivity index (χ1) is 10.2. The predicted octanol–water partition coefficient (Wildman–Crippen LogP) is 0.976. The van der Waals surface area contributed by atoms with E-state index in [0.717, 1.165) is 5.56 Å². The first-order valence-corrected chi connectivity index (χ1v) is 6.39. The van der Waals surface area contributed by atoms with Crippen LogP contribution in [0.2, 0.25) is 0 Å². The Bertz CT molecular complexity index is 727. The number of nitrogens with zero attached hydrogens (tertiary/aromatic N) is 3. The smallest absolute Gasteiger partial charge is 0.358 e. The van der Waals surface area contributed by atoms with Crippen LogP contribution in [-0.2, 0) is 17.9 Å². The number of carbonyl (C=O) groups is 1. The molecule has 2 aliphatic rings. The number of rotatable bonds is 2. The van der Waals surface area contributed by atoms with Crippen molar-refractivity contribution >= 4 is 5.97 Å². The molecule has 3 heterocycles. The summed E-state index contributed by atoms with van der Waals surface area (Å²) in [6.07, 6.45) is -0.227. The van der Waals surface area contributed by atoms with Crippen molar-refractivity contribution < 1.29 is 24.1 Å². The summed E-state index contributed by atoms with van der Waals surface area (Å²) in [5.74, 6) is 0.303. The minimum Gasteiger partial charge on any atom is -0.476 e. The van der Waals surface area contributed by atoms with Gasteiger partial charge in [-0.2, -0.15) is 0 Å². The van der Waals surface area contributed by atoms with Gasteiger partial charge in [-0.05, 0) is 17.7 Å². The molecule has 0 amide bonds. The lowest BCUT2D eigenvalue weighted by molar-refractivity contribution is -0.00215. The van der Waals surface area contributed by atoms with Crippen molar-refractivity contribution in [2.45, 2.75) is 19.3 Å². The van der Waals surface area contributed by atoms with Crippen LogP contribution in [0.1, 0.15) is 27.8 Å². The molecule has 108 valence electrons. The summed E-state index contributed by atoms with van der Waals surface area (Å²) < 4.78 is 17.9. The molecule has 4 rings (SSSR count). The first kappa shape index (κ1) is 12.2. The third-order valence-corrected chi connectivity index (χ3v) is 3.57. The monoisotopic (exact) mass is 289 g/mol. The van der Waals surface area contributed by atoms with E-state index in [1.807, 2.05) is 18.2 Å². The van der Waals surface area contributed by atoms with E-state index < -0.39 is 5.97 Å². The molecule has 21 heavy (non-hydrogen) atoms. The molecule has 1 N–H and O–H groups in total. The van der Waals surface area contributed by atoms with Crippen molar-refractivity contribution in [2.24, 2.45) is 0 Å². The minimum atomic E-state index is -1.10. The summed E-state index contributed by atoms with van der Waals surface area (Å²) in [6.45, 7) is 0.794. The fourth-order valence-corrected chi connectivity index (χ4v) is 2.49. The second-order valence-corrected chi connectivity index (χ2v) is 4.78. The molecule has 0 saturated heterocycles. The fourth-order valence-electron chi connectivity index (χ4n) is 2.49. The Hall–Kier alpha value is -2.61. The fraction of sp³-hybridized carbons (Fsp3) is 0.308. The van der Waals surface area contributed by atoms with Gasteiger partial charge in [0.1, 0.15) is 6.10 Å². The maximum Gasteiger partial charge on any atom is 0.358 e. The van der Waals surface area contributed by atoms with Crippen molar-refractivity contribution in [1.29, 1.82) is 0 Å². The van der Waals surface area contributed by atoms with Gasteiger partial charge in [0, 0.05) is 0 Å². The summed E-state index contributed by atoms with van der Waals surface area (Å²) in [6, 6.07) is 5.60. The molecule has 2 aromatic rings. The van der Waals surface area contributed by atoms with E-state index in [-0.39, 0.29) is 25.2 Å². The number of aromatic nitrogens is 3. The van der Waals surface area contributed by atoms with Crippen molar-refractivity contribution in [2.75, 3.05) is 6.79 Å². The largest absolute Gasteiger partial charge is 0.476 e. The Kier molecular flexibility index (Phi) is 2.58. The van der Waals surface area contributed by atoms with Crippen LogP contribution in [0.5, 0.6) is 11.5 Å². The summed E-state index contributed by atoms with van der Waals surface area (Å²) in [4.78, 5) is 11.0. The number of hydrogen-bond acceptors (Lipinski definition) is 6. The number of fused-ring (bicyclic) bond motifs is 2. The van der Waals surface area contributed by atoms with Gasteiger partial charge < -0.3 is 19.3 Å². The van der Waals surface area contributed by atoms with Gasteiger partial charge in [0.25, 0.3) is 0 Å². The molecule has 2 aliphatic heterocycles. The highest BCUT2D eigenvalue weighted by atomic mass is 16.7. The molecule has 1 aromatic heterocycles. The van der Waals surface area contributed by atoms with Gasteiger partial charge >= 0.3 is 5.97 Å². The van der Waals surface area contributed by atoms with E-state index in [1.165, 1.54) is 0 Å². The molecular formula is C13H11N3O5. The molecule has 0 fully saturated rings. The highest BCUT2D eigenvalue weighted by molar-refractivity contribution is 5.86. The number of benzene rings is 1. The molecule has 0 saturated carbocycles. The van der Waals surface area contributed by atoms with Gasteiger partial charge in [-0.3, -0.25) is 0 Å². The topological polar surface area (TPSA) is 95.7 Å². The normalized spacial score (nSPS) is 19.3. The second-order valence-electron chi connectivity index (χ2n) is 4.78. The Balaban J connectivity index is 1.62. The molecule has 0 bridgehead atoms. The Morgan fingerprint density at radius 2 is 2.19 bits per heavy atom. The van der Waals surface area contributed by atoms with E-state index in [2.05, 4.69) is 10.3 Å². The van der Waals surface area contributed by atoms with Gasteiger partial charge in [0.2, 0.25) is 6.79 Å². The number of ether oxygens (including phenoxy) is 3. The van der Waals surface area contributed by atoms with Gasteiger partial charge in [-0.25, -0.2) is 9.48 Å². The third kappa shape index (κ3) is 1.91. The molecular weight excluding hydrogens is 278 g/mol. The lowest BCUT2D eigenvalue weighted by atomic mass is 10.1. The summed E-state index contributed by atoms with van der Waals surface area (Å²) >= 11 is 0. The molecule has 1 atom stereocenters. The van der Waals surface area contributed by atoms with Crippen LogP contribution in [0.25, 0.3) is 0 Å². The maximum atomic E-state index is 11.0. The molecule has 0 aliphatic carbocycles. The van der Waals surface area contributed by atoms with Crippen LogP contribution in [0.15, 0.2) is 18.2 Å². The van der Waals surface area contributed by atoms with Crippen molar-refractivity contribution in [1.82, 2.24) is 15.0 Å². The van der Waals surface area contributed by atoms with Crippen LogP contribution in [0, 0.1) is 0 Å². The Labute approximate surface area is 118 Å². The van der Waals surface area contributed by atoms with Gasteiger partial charge in [-0.1, -0.05) is 11.3 Å². The van der Waals surface area contributed by atoms with Gasteiger partial charge in [0.05, 0.1) is 18.8 Å². The highest BCUT2D eigenvalue weighted by Gasteiger charge is 2.28. The number of carboxylic acid groups (broad SMARTS) is 1. The van der Waals surface area contributed by atoms with Crippen molar-refractivity contribution in [3.8, 4) is 11.5 Å². The molecule has 1 unspecified atom stereocenters. The summed E-state index contributed by atoms with van der Waals surface area (Å²) in [5.41, 5.74) is 1.36. The maximum absolute atomic E-state index is 11.0. The molecule has 8 nitrogen and oxygen atoms in total. The predicted molar refractivity (Wildman–Crippen MR) is 67.1 cm³/mol. The minimum absolute atomic E-state index is 0.0564. The third-order valence-electron chi connectivity index (χ3n) is 3.57. The average Bonchev–Trinajstić information content (AvgIpc) is 3.12. The average molecular weight is 289 g/mol. The number of aromatic carboxylic acids is 1.